The number of rotatable bonds is 10. The van der Waals surface area contributed by atoms with E-state index in [1.807, 2.05) is 6.92 Å². The average molecular weight is 782 g/mol. The maximum atomic E-state index is 15.6. The van der Waals surface area contributed by atoms with Crippen LogP contribution in [0.1, 0.15) is 88.8 Å². The van der Waals surface area contributed by atoms with Crippen LogP contribution in [-0.4, -0.2) is 96.6 Å². The number of nitrogens with one attached hydrogen (secondary N) is 2. The van der Waals surface area contributed by atoms with Crippen molar-refractivity contribution in [2.24, 2.45) is 17.3 Å². The fraction of sp³-hybridized carbons (Fsp3) is 0.564. The van der Waals surface area contributed by atoms with Gasteiger partial charge in [-0.1, -0.05) is 26.0 Å². The molecule has 6 atom stereocenters. The predicted molar refractivity (Wildman–Crippen MR) is 200 cm³/mol. The molecular weight excluding hydrogens is 731 g/mol. The van der Waals surface area contributed by atoms with E-state index in [0.29, 0.717) is 22.8 Å². The first-order chi connectivity index (χ1) is 26.2. The van der Waals surface area contributed by atoms with Crippen LogP contribution in [0.15, 0.2) is 30.3 Å². The fourth-order valence-corrected chi connectivity index (χ4v) is 8.79. The molecule has 17 heteroatoms. The minimum Gasteiger partial charge on any atom is -0.496 e. The van der Waals surface area contributed by atoms with Crippen molar-refractivity contribution < 1.29 is 51.5 Å². The van der Waals surface area contributed by atoms with Crippen molar-refractivity contribution in [1.82, 2.24) is 20.4 Å². The molecule has 4 N–H and O–H groups in total. The molecule has 2 heterocycles. The zero-order valence-corrected chi connectivity index (χ0v) is 33.0. The number of amides is 5. The Morgan fingerprint density at radius 2 is 1.73 bits per heavy atom. The highest BCUT2D eigenvalue weighted by atomic mass is 19.1. The van der Waals surface area contributed by atoms with Crippen LogP contribution in [0.4, 0.5) is 19.3 Å². The van der Waals surface area contributed by atoms with Crippen LogP contribution in [0.2, 0.25) is 0 Å². The number of anilines is 1. The number of imide groups is 1. The van der Waals surface area contributed by atoms with Crippen LogP contribution in [0, 0.1) is 28.9 Å². The maximum Gasteiger partial charge on any atom is 0.482 e. The molecule has 2 bridgehead atoms. The standard InChI is InChI=1S/C39H50BF2N5O9/c1-9-46-13-14-47(34(50)33(46)49)36(52)45-30(29-24(41)18-22(43)19-25(29)42)32(48)44-28(40-55-27-17-21-16-26(38(21,5)6)39(27,7)56-40)15-20-11-10-12-23(31(20)53-8)35(51)54-37(2,3)4/h10-12,18-19,21,26-28,30H,9,13-17,43H2,1-8H3,(H,44,48)(H,45,52)/t21-,26-,27+,28-,30?,39-/m0/s1. The van der Waals surface area contributed by atoms with Gasteiger partial charge < -0.3 is 40.0 Å². The Morgan fingerprint density at radius 1 is 1.05 bits per heavy atom. The van der Waals surface area contributed by atoms with Gasteiger partial charge in [0.1, 0.15) is 34.6 Å². The van der Waals surface area contributed by atoms with E-state index >= 15 is 8.78 Å². The Morgan fingerprint density at radius 3 is 2.34 bits per heavy atom. The van der Waals surface area contributed by atoms with Gasteiger partial charge in [-0.15, -0.1) is 0 Å². The van der Waals surface area contributed by atoms with Crippen molar-refractivity contribution in [3.05, 3.63) is 58.7 Å². The summed E-state index contributed by atoms with van der Waals surface area (Å²) in [5.74, 6) is -6.69. The third-order valence-corrected chi connectivity index (χ3v) is 11.8. The first-order valence-corrected chi connectivity index (χ1v) is 18.9. The first kappa shape index (κ1) is 40.9. The van der Waals surface area contributed by atoms with E-state index in [-0.39, 0.29) is 60.5 Å². The van der Waals surface area contributed by atoms with E-state index in [0.717, 1.165) is 18.6 Å². The second-order valence-corrected chi connectivity index (χ2v) is 16.8. The minimum absolute atomic E-state index is 0.0196. The summed E-state index contributed by atoms with van der Waals surface area (Å²) in [6.07, 6.45) is 1.26. The second-order valence-electron chi connectivity index (χ2n) is 16.8. The van der Waals surface area contributed by atoms with Gasteiger partial charge in [0.05, 0.1) is 30.3 Å². The van der Waals surface area contributed by atoms with E-state index in [1.54, 1.807) is 45.9 Å². The summed E-state index contributed by atoms with van der Waals surface area (Å²) >= 11 is 0. The summed E-state index contributed by atoms with van der Waals surface area (Å²) in [6.45, 7) is 13.3. The normalized spacial score (nSPS) is 25.2. The lowest BCUT2D eigenvalue weighted by Gasteiger charge is -2.64. The fourth-order valence-electron chi connectivity index (χ4n) is 8.79. The van der Waals surface area contributed by atoms with E-state index in [2.05, 4.69) is 24.5 Å². The number of nitrogens with zero attached hydrogens (tertiary/aromatic N) is 2. The number of piperazine rings is 1. The number of nitrogen functional groups attached to an aromatic ring is 1. The molecule has 5 amide bonds. The third-order valence-electron chi connectivity index (χ3n) is 11.8. The number of likely N-dealkylation sites (N-methyl/N-ethyl adjacent to an activating group) is 1. The number of esters is 1. The van der Waals surface area contributed by atoms with Crippen LogP contribution in [0.5, 0.6) is 5.75 Å². The molecule has 7 rings (SSSR count). The van der Waals surface area contributed by atoms with Gasteiger partial charge >= 0.3 is 30.9 Å². The SMILES string of the molecule is CCN1CCN(C(=O)NC(C(=O)N[C@@H](Cc2cccc(C(=O)OC(C)(C)C)c2OC)B2O[C@@H]3C[C@@H]4C[C@@H](C4(C)C)[C@]3(C)O2)c2c(F)cc(N)cc2F)C(=O)C1=O. The molecule has 2 aromatic carbocycles. The summed E-state index contributed by atoms with van der Waals surface area (Å²) < 4.78 is 55.9. The van der Waals surface area contributed by atoms with Gasteiger partial charge in [0.25, 0.3) is 0 Å². The number of urea groups is 1. The molecule has 2 aliphatic heterocycles. The Balaban J connectivity index is 1.37. The van der Waals surface area contributed by atoms with Gasteiger partial charge in [-0.2, -0.15) is 0 Å². The van der Waals surface area contributed by atoms with Gasteiger partial charge in [-0.25, -0.2) is 18.4 Å². The lowest BCUT2D eigenvalue weighted by atomic mass is 9.43. The van der Waals surface area contributed by atoms with Crippen molar-refractivity contribution >= 4 is 42.5 Å². The van der Waals surface area contributed by atoms with Crippen LogP contribution in [0.25, 0.3) is 0 Å². The van der Waals surface area contributed by atoms with Crippen LogP contribution >= 0.6 is 0 Å². The summed E-state index contributed by atoms with van der Waals surface area (Å²) in [6, 6.07) is 3.17. The molecule has 302 valence electrons. The topological polar surface area (TPSA) is 179 Å². The average Bonchev–Trinajstić information content (AvgIpc) is 3.48. The van der Waals surface area contributed by atoms with Crippen molar-refractivity contribution in [3.8, 4) is 5.75 Å². The van der Waals surface area contributed by atoms with E-state index < -0.39 is 77.2 Å². The van der Waals surface area contributed by atoms with Crippen molar-refractivity contribution in [2.75, 3.05) is 32.5 Å². The van der Waals surface area contributed by atoms with Gasteiger partial charge in [-0.05, 0) is 94.9 Å². The number of carbonyl (C=O) groups is 5. The van der Waals surface area contributed by atoms with Crippen molar-refractivity contribution in [1.29, 1.82) is 0 Å². The number of methoxy groups -OCH3 is 1. The Hall–Kier alpha value is -4.77. The van der Waals surface area contributed by atoms with E-state index in [9.17, 15) is 24.0 Å². The lowest BCUT2D eigenvalue weighted by Crippen LogP contribution is -2.65. The quantitative estimate of drug-likeness (QED) is 0.138. The molecule has 2 saturated heterocycles. The summed E-state index contributed by atoms with van der Waals surface area (Å²) in [5, 5.41) is 5.11. The number of ether oxygens (including phenoxy) is 2. The molecule has 2 aromatic rings. The second kappa shape index (κ2) is 15.0. The predicted octanol–water partition coefficient (Wildman–Crippen LogP) is 3.95. The molecule has 0 spiro atoms. The maximum absolute atomic E-state index is 15.6. The number of carbonyl (C=O) groups excluding carboxylic acids is 5. The molecule has 14 nitrogen and oxygen atoms in total. The monoisotopic (exact) mass is 781 g/mol. The Bertz CT molecular complexity index is 1920. The minimum atomic E-state index is -2.07. The molecule has 3 aliphatic carbocycles. The summed E-state index contributed by atoms with van der Waals surface area (Å²) in [4.78, 5) is 68.8. The van der Waals surface area contributed by atoms with Crippen LogP contribution in [0.3, 0.4) is 0 Å². The number of benzene rings is 2. The number of hydrogen-bond acceptors (Lipinski definition) is 10. The Labute approximate surface area is 325 Å². The third kappa shape index (κ3) is 7.42. The highest BCUT2D eigenvalue weighted by Crippen LogP contribution is 2.65. The highest BCUT2D eigenvalue weighted by Gasteiger charge is 2.68. The molecule has 0 aromatic heterocycles. The zero-order chi connectivity index (χ0) is 41.1. The number of halogens is 2. The Kier molecular flexibility index (Phi) is 10.9. The lowest BCUT2D eigenvalue weighted by molar-refractivity contribution is -0.199. The molecule has 0 radical (unpaired) electrons. The number of hydrogen-bond donors (Lipinski definition) is 3. The molecule has 5 fully saturated rings. The van der Waals surface area contributed by atoms with Crippen molar-refractivity contribution in [3.63, 3.8) is 0 Å². The largest absolute Gasteiger partial charge is 0.496 e. The van der Waals surface area contributed by atoms with E-state index in [1.165, 1.54) is 12.0 Å². The summed E-state index contributed by atoms with van der Waals surface area (Å²) in [7, 11) is 0.288. The van der Waals surface area contributed by atoms with Gasteiger partial charge in [0, 0.05) is 25.3 Å². The molecular formula is C39H50BF2N5O9. The number of para-hydroxylation sites is 1. The van der Waals surface area contributed by atoms with Gasteiger partial charge in [0.15, 0.2) is 0 Å². The van der Waals surface area contributed by atoms with E-state index in [4.69, 9.17) is 24.5 Å². The molecule has 3 saturated carbocycles. The summed E-state index contributed by atoms with van der Waals surface area (Å²) in [5.41, 5.74) is 3.57. The van der Waals surface area contributed by atoms with Gasteiger partial charge in [0.2, 0.25) is 5.91 Å². The van der Waals surface area contributed by atoms with Crippen LogP contribution in [-0.2, 0) is 34.9 Å². The van der Waals surface area contributed by atoms with Gasteiger partial charge in [-0.3, -0.25) is 19.3 Å². The molecule has 5 aliphatic rings. The molecule has 1 unspecified atom stereocenters. The molecule has 56 heavy (non-hydrogen) atoms. The first-order valence-electron chi connectivity index (χ1n) is 18.9. The number of nitrogens with two attached hydrogens (primary N) is 1. The zero-order valence-electron chi connectivity index (χ0n) is 33.0. The highest BCUT2D eigenvalue weighted by molar-refractivity contribution is 6.48. The van der Waals surface area contributed by atoms with Crippen LogP contribution < -0.4 is 21.1 Å². The van der Waals surface area contributed by atoms with Crippen molar-refractivity contribution in [2.45, 2.75) is 97.0 Å². The smallest absolute Gasteiger partial charge is 0.482 e.